The number of methoxy groups -OCH3 is 1. The molecule has 7 heteroatoms. The normalized spacial score (nSPS) is 13.7. The van der Waals surface area contributed by atoms with Gasteiger partial charge in [0.25, 0.3) is 0 Å². The molecule has 0 saturated carbocycles. The average Bonchev–Trinajstić information content (AvgIpc) is 3.08. The summed E-state index contributed by atoms with van der Waals surface area (Å²) in [4.78, 5) is 27.5. The van der Waals surface area contributed by atoms with Crippen molar-refractivity contribution < 1.29 is 14.3 Å². The fraction of sp³-hybridized carbons (Fsp3) is 0.250. The number of esters is 1. The minimum absolute atomic E-state index is 0.00298. The molecule has 0 aromatic heterocycles. The van der Waals surface area contributed by atoms with Gasteiger partial charge in [-0.1, -0.05) is 12.1 Å². The average molecular weight is 366 g/mol. The smallest absolute Gasteiger partial charge is 0.329 e. The number of amidine groups is 1. The van der Waals surface area contributed by atoms with Crippen molar-refractivity contribution in [2.75, 3.05) is 30.0 Å². The highest BCUT2D eigenvalue weighted by atomic mass is 16.5. The maximum atomic E-state index is 12.8. The van der Waals surface area contributed by atoms with Crippen LogP contribution in [0.15, 0.2) is 48.5 Å². The minimum Gasteiger partial charge on any atom is -0.469 e. The predicted octanol–water partition coefficient (Wildman–Crippen LogP) is 2.52. The molecule has 0 spiro atoms. The first-order chi connectivity index (χ1) is 13.0. The summed E-state index contributed by atoms with van der Waals surface area (Å²) in [6.07, 6.45) is 0.943. The molecule has 0 bridgehead atoms. The van der Waals surface area contributed by atoms with Crippen molar-refractivity contribution in [1.29, 1.82) is 5.41 Å². The minimum atomic E-state index is -0.236. The maximum Gasteiger partial charge on any atom is 0.329 e. The van der Waals surface area contributed by atoms with Gasteiger partial charge in [-0.25, -0.2) is 4.79 Å². The molecule has 2 aromatic carbocycles. The fourth-order valence-corrected chi connectivity index (χ4v) is 3.03. The molecule has 3 rings (SSSR count). The third-order valence-corrected chi connectivity index (χ3v) is 4.59. The van der Waals surface area contributed by atoms with Crippen molar-refractivity contribution in [2.45, 2.75) is 12.8 Å². The third kappa shape index (κ3) is 4.08. The quantitative estimate of drug-likeness (QED) is 0.466. The molecule has 1 saturated heterocycles. The summed E-state index contributed by atoms with van der Waals surface area (Å²) in [5.41, 5.74) is 8.72. The molecule has 1 aliphatic heterocycles. The van der Waals surface area contributed by atoms with Crippen molar-refractivity contribution >= 4 is 29.2 Å². The zero-order chi connectivity index (χ0) is 19.4. The van der Waals surface area contributed by atoms with Gasteiger partial charge in [-0.2, -0.15) is 0 Å². The van der Waals surface area contributed by atoms with Crippen molar-refractivity contribution in [3.05, 3.63) is 59.7 Å². The van der Waals surface area contributed by atoms with Gasteiger partial charge in [0.1, 0.15) is 5.84 Å². The second kappa shape index (κ2) is 7.90. The molecule has 1 fully saturated rings. The molecule has 0 unspecified atom stereocenters. The van der Waals surface area contributed by atoms with Crippen molar-refractivity contribution in [3.63, 3.8) is 0 Å². The monoisotopic (exact) mass is 366 g/mol. The Morgan fingerprint density at radius 1 is 1.04 bits per heavy atom. The van der Waals surface area contributed by atoms with Gasteiger partial charge < -0.3 is 10.5 Å². The van der Waals surface area contributed by atoms with E-state index in [1.54, 1.807) is 34.1 Å². The summed E-state index contributed by atoms with van der Waals surface area (Å²) >= 11 is 0. The molecular formula is C20H22N4O3. The van der Waals surface area contributed by atoms with Crippen molar-refractivity contribution in [3.8, 4) is 0 Å². The molecule has 1 aliphatic rings. The van der Waals surface area contributed by atoms with Crippen molar-refractivity contribution in [1.82, 2.24) is 0 Å². The number of nitrogens with zero attached hydrogens (tertiary/aromatic N) is 2. The van der Waals surface area contributed by atoms with E-state index in [2.05, 4.69) is 4.74 Å². The van der Waals surface area contributed by atoms with E-state index in [-0.39, 0.29) is 17.8 Å². The number of nitrogens with one attached hydrogen (secondary N) is 1. The second-order valence-corrected chi connectivity index (χ2v) is 6.29. The molecule has 3 N–H and O–H groups in total. The lowest BCUT2D eigenvalue weighted by molar-refractivity contribution is -0.140. The van der Waals surface area contributed by atoms with Gasteiger partial charge in [0.2, 0.25) is 0 Å². The largest absolute Gasteiger partial charge is 0.469 e. The van der Waals surface area contributed by atoms with Crippen LogP contribution < -0.4 is 15.5 Å². The van der Waals surface area contributed by atoms with Crippen LogP contribution in [0.2, 0.25) is 0 Å². The molecule has 0 radical (unpaired) electrons. The van der Waals surface area contributed by atoms with Gasteiger partial charge in [-0.05, 0) is 48.4 Å². The van der Waals surface area contributed by atoms with Crippen LogP contribution >= 0.6 is 0 Å². The Bertz CT molecular complexity index is 847. The van der Waals surface area contributed by atoms with Crippen LogP contribution in [0.1, 0.15) is 17.5 Å². The maximum absolute atomic E-state index is 12.8. The van der Waals surface area contributed by atoms with Gasteiger partial charge >= 0.3 is 12.0 Å². The number of ether oxygens (including phenoxy) is 1. The van der Waals surface area contributed by atoms with Crippen LogP contribution in [0.25, 0.3) is 0 Å². The Kier molecular flexibility index (Phi) is 5.40. The van der Waals surface area contributed by atoms with Crippen LogP contribution in [-0.2, 0) is 16.0 Å². The van der Waals surface area contributed by atoms with E-state index >= 15 is 0 Å². The standard InChI is InChI=1S/C20H22N4O3/c1-27-18(25)11-4-14-2-7-16(8-3-14)23-12-13-24(20(23)26)17-9-5-15(6-10-17)19(21)22/h2-3,5-10H,4,11-13H2,1H3,(H3,21,22). The summed E-state index contributed by atoms with van der Waals surface area (Å²) in [5.74, 6) is -0.233. The lowest BCUT2D eigenvalue weighted by Gasteiger charge is -2.19. The molecule has 7 nitrogen and oxygen atoms in total. The highest BCUT2D eigenvalue weighted by Gasteiger charge is 2.30. The number of hydrogen-bond acceptors (Lipinski definition) is 4. The lowest BCUT2D eigenvalue weighted by Crippen LogP contribution is -2.31. The Morgan fingerprint density at radius 3 is 2.04 bits per heavy atom. The number of urea groups is 1. The summed E-state index contributed by atoms with van der Waals surface area (Å²) in [7, 11) is 1.38. The van der Waals surface area contributed by atoms with E-state index in [4.69, 9.17) is 11.1 Å². The number of nitrogen functional groups attached to an aromatic ring is 1. The molecule has 140 valence electrons. The summed E-state index contributed by atoms with van der Waals surface area (Å²) in [6.45, 7) is 1.18. The molecule has 2 amide bonds. The first-order valence-corrected chi connectivity index (χ1v) is 8.69. The van der Waals surface area contributed by atoms with Crippen LogP contribution in [0, 0.1) is 5.41 Å². The van der Waals surface area contributed by atoms with E-state index in [0.29, 0.717) is 31.5 Å². The van der Waals surface area contributed by atoms with Gasteiger partial charge in [0.05, 0.1) is 7.11 Å². The number of hydrogen-bond donors (Lipinski definition) is 2. The van der Waals surface area contributed by atoms with Crippen LogP contribution in [0.3, 0.4) is 0 Å². The van der Waals surface area contributed by atoms with Gasteiger partial charge in [0, 0.05) is 36.4 Å². The SMILES string of the molecule is COC(=O)CCc1ccc(N2CCN(c3ccc(C(=N)N)cc3)C2=O)cc1. The molecule has 1 heterocycles. The molecular weight excluding hydrogens is 344 g/mol. The number of rotatable bonds is 6. The molecule has 2 aromatic rings. The number of anilines is 2. The van der Waals surface area contributed by atoms with Crippen molar-refractivity contribution in [2.24, 2.45) is 5.73 Å². The Labute approximate surface area is 157 Å². The van der Waals surface area contributed by atoms with Crippen LogP contribution in [0.5, 0.6) is 0 Å². The first kappa shape index (κ1) is 18.4. The zero-order valence-electron chi connectivity index (χ0n) is 15.1. The number of amides is 2. The topological polar surface area (TPSA) is 99.7 Å². The highest BCUT2D eigenvalue weighted by Crippen LogP contribution is 2.26. The Hall–Kier alpha value is -3.35. The Morgan fingerprint density at radius 2 is 1.56 bits per heavy atom. The van der Waals surface area contributed by atoms with E-state index in [9.17, 15) is 9.59 Å². The highest BCUT2D eigenvalue weighted by molar-refractivity contribution is 6.06. The fourth-order valence-electron chi connectivity index (χ4n) is 3.03. The number of benzene rings is 2. The van der Waals surface area contributed by atoms with E-state index in [1.165, 1.54) is 7.11 Å². The number of nitrogens with two attached hydrogens (primary N) is 1. The first-order valence-electron chi connectivity index (χ1n) is 8.69. The van der Waals surface area contributed by atoms with Crippen LogP contribution in [-0.4, -0.2) is 38.0 Å². The number of carbonyl (C=O) groups is 2. The summed E-state index contributed by atoms with van der Waals surface area (Å²) in [6, 6.07) is 14.6. The van der Waals surface area contributed by atoms with Gasteiger partial charge in [0.15, 0.2) is 0 Å². The molecule has 0 aliphatic carbocycles. The number of carbonyl (C=O) groups excluding carboxylic acids is 2. The number of aryl methyl sites for hydroxylation is 1. The second-order valence-electron chi connectivity index (χ2n) is 6.29. The van der Waals surface area contributed by atoms with Gasteiger partial charge in [-0.3, -0.25) is 20.0 Å². The predicted molar refractivity (Wildman–Crippen MR) is 104 cm³/mol. The third-order valence-electron chi connectivity index (χ3n) is 4.59. The van der Waals surface area contributed by atoms with E-state index in [0.717, 1.165) is 16.9 Å². The summed E-state index contributed by atoms with van der Waals surface area (Å²) in [5, 5.41) is 7.44. The van der Waals surface area contributed by atoms with Gasteiger partial charge in [-0.15, -0.1) is 0 Å². The van der Waals surface area contributed by atoms with Crippen LogP contribution in [0.4, 0.5) is 16.2 Å². The molecule has 0 atom stereocenters. The van der Waals surface area contributed by atoms with E-state index < -0.39 is 0 Å². The Balaban J connectivity index is 1.67. The van der Waals surface area contributed by atoms with E-state index in [1.807, 2.05) is 24.3 Å². The lowest BCUT2D eigenvalue weighted by atomic mass is 10.1. The molecule has 27 heavy (non-hydrogen) atoms. The summed E-state index contributed by atoms with van der Waals surface area (Å²) < 4.78 is 4.65. The zero-order valence-corrected chi connectivity index (χ0v) is 15.1.